The number of nitrogens with zero attached hydrogens (tertiary/aromatic N) is 3. The second-order valence-corrected chi connectivity index (χ2v) is 5.11. The minimum Gasteiger partial charge on any atom is -0.497 e. The van der Waals surface area contributed by atoms with E-state index in [1.165, 1.54) is 0 Å². The Balaban J connectivity index is 1.77. The lowest BCUT2D eigenvalue weighted by molar-refractivity contribution is -0.119. The molecular formula is C15H17N3O3. The molecule has 110 valence electrons. The standard InChI is InChI=1S/C15H17N3O3/c1-20-13-6-4-11(5-7-13)14-16-17-15(21-14)12-3-2-8-18(9-12)10-19/h4-7,10,12H,2-3,8-9H2,1H3/t12-/m1/s1. The van der Waals surface area contributed by atoms with Crippen molar-refractivity contribution in [2.45, 2.75) is 18.8 Å². The number of methoxy groups -OCH3 is 1. The average molecular weight is 287 g/mol. The largest absolute Gasteiger partial charge is 0.497 e. The number of likely N-dealkylation sites (tertiary alicyclic amines) is 1. The van der Waals surface area contributed by atoms with Gasteiger partial charge in [-0.2, -0.15) is 0 Å². The highest BCUT2D eigenvalue weighted by molar-refractivity contribution is 5.54. The van der Waals surface area contributed by atoms with E-state index in [1.54, 1.807) is 12.0 Å². The molecule has 0 aliphatic carbocycles. The van der Waals surface area contributed by atoms with Crippen molar-refractivity contribution in [3.63, 3.8) is 0 Å². The number of benzene rings is 1. The molecule has 2 heterocycles. The molecule has 1 aliphatic heterocycles. The van der Waals surface area contributed by atoms with Crippen LogP contribution in [0.4, 0.5) is 0 Å². The first-order valence-electron chi connectivity index (χ1n) is 6.97. The van der Waals surface area contributed by atoms with Gasteiger partial charge in [0.05, 0.1) is 13.0 Å². The molecule has 1 aromatic heterocycles. The van der Waals surface area contributed by atoms with Crippen molar-refractivity contribution in [3.8, 4) is 17.2 Å². The van der Waals surface area contributed by atoms with Gasteiger partial charge in [-0.1, -0.05) is 0 Å². The highest BCUT2D eigenvalue weighted by Crippen LogP contribution is 2.28. The van der Waals surface area contributed by atoms with Gasteiger partial charge in [0.25, 0.3) is 0 Å². The van der Waals surface area contributed by atoms with Crippen molar-refractivity contribution in [1.82, 2.24) is 15.1 Å². The fourth-order valence-electron chi connectivity index (χ4n) is 2.55. The predicted molar refractivity (Wildman–Crippen MR) is 75.9 cm³/mol. The van der Waals surface area contributed by atoms with Crippen LogP contribution in [0.2, 0.25) is 0 Å². The number of carbonyl (C=O) groups is 1. The Morgan fingerprint density at radius 1 is 1.33 bits per heavy atom. The third kappa shape index (κ3) is 2.89. The zero-order chi connectivity index (χ0) is 14.7. The molecule has 21 heavy (non-hydrogen) atoms. The second kappa shape index (κ2) is 5.95. The van der Waals surface area contributed by atoms with E-state index in [4.69, 9.17) is 9.15 Å². The van der Waals surface area contributed by atoms with Crippen LogP contribution in [0.15, 0.2) is 28.7 Å². The number of aromatic nitrogens is 2. The van der Waals surface area contributed by atoms with Crippen molar-refractivity contribution in [3.05, 3.63) is 30.2 Å². The van der Waals surface area contributed by atoms with Gasteiger partial charge < -0.3 is 14.1 Å². The third-order valence-corrected chi connectivity index (χ3v) is 3.73. The maximum Gasteiger partial charge on any atom is 0.247 e. The van der Waals surface area contributed by atoms with E-state index in [2.05, 4.69) is 10.2 Å². The van der Waals surface area contributed by atoms with E-state index >= 15 is 0 Å². The summed E-state index contributed by atoms with van der Waals surface area (Å²) in [6.07, 6.45) is 2.81. The molecule has 1 aromatic carbocycles. The van der Waals surface area contributed by atoms with Gasteiger partial charge in [-0.15, -0.1) is 10.2 Å². The molecule has 6 nitrogen and oxygen atoms in total. The van der Waals surface area contributed by atoms with E-state index in [0.29, 0.717) is 18.3 Å². The molecule has 3 rings (SSSR count). The molecule has 0 spiro atoms. The van der Waals surface area contributed by atoms with E-state index in [1.807, 2.05) is 24.3 Å². The summed E-state index contributed by atoms with van der Waals surface area (Å²) in [6.45, 7) is 1.45. The van der Waals surface area contributed by atoms with Crippen molar-refractivity contribution < 1.29 is 13.9 Å². The Labute approximate surface area is 122 Å². The van der Waals surface area contributed by atoms with Crippen LogP contribution >= 0.6 is 0 Å². The molecule has 2 aromatic rings. The summed E-state index contributed by atoms with van der Waals surface area (Å²) >= 11 is 0. The summed E-state index contributed by atoms with van der Waals surface area (Å²) in [5, 5.41) is 8.24. The topological polar surface area (TPSA) is 68.5 Å². The molecule has 0 bridgehead atoms. The highest BCUT2D eigenvalue weighted by Gasteiger charge is 2.25. The van der Waals surface area contributed by atoms with Crippen LogP contribution in [0, 0.1) is 0 Å². The summed E-state index contributed by atoms with van der Waals surface area (Å²) in [6, 6.07) is 7.48. The van der Waals surface area contributed by atoms with Crippen LogP contribution in [0.1, 0.15) is 24.7 Å². The summed E-state index contributed by atoms with van der Waals surface area (Å²) in [5.41, 5.74) is 0.859. The summed E-state index contributed by atoms with van der Waals surface area (Å²) in [5.74, 6) is 2.01. The van der Waals surface area contributed by atoms with Gasteiger partial charge in [-0.25, -0.2) is 0 Å². The van der Waals surface area contributed by atoms with Crippen LogP contribution in [-0.4, -0.2) is 41.7 Å². The third-order valence-electron chi connectivity index (χ3n) is 3.73. The van der Waals surface area contributed by atoms with Gasteiger partial charge in [-0.05, 0) is 37.1 Å². The van der Waals surface area contributed by atoms with Crippen molar-refractivity contribution in [1.29, 1.82) is 0 Å². The zero-order valence-electron chi connectivity index (χ0n) is 11.9. The zero-order valence-corrected chi connectivity index (χ0v) is 11.9. The number of hydrogen-bond acceptors (Lipinski definition) is 5. The quantitative estimate of drug-likeness (QED) is 0.805. The Morgan fingerprint density at radius 3 is 2.86 bits per heavy atom. The van der Waals surface area contributed by atoms with Gasteiger partial charge in [0.2, 0.25) is 18.2 Å². The minimum absolute atomic E-state index is 0.128. The molecule has 0 saturated carbocycles. The Kier molecular flexibility index (Phi) is 3.85. The Hall–Kier alpha value is -2.37. The molecule has 0 unspecified atom stereocenters. The molecule has 1 amide bonds. The summed E-state index contributed by atoms with van der Waals surface area (Å²) < 4.78 is 10.9. The maximum absolute atomic E-state index is 10.9. The van der Waals surface area contributed by atoms with E-state index in [-0.39, 0.29) is 5.92 Å². The number of piperidine rings is 1. The van der Waals surface area contributed by atoms with Gasteiger partial charge >= 0.3 is 0 Å². The van der Waals surface area contributed by atoms with Gasteiger partial charge in [0.15, 0.2) is 0 Å². The Morgan fingerprint density at radius 2 is 2.14 bits per heavy atom. The lowest BCUT2D eigenvalue weighted by Crippen LogP contribution is -2.33. The summed E-state index contributed by atoms with van der Waals surface area (Å²) in [7, 11) is 1.63. The number of rotatable bonds is 4. The predicted octanol–water partition coefficient (Wildman–Crippen LogP) is 2.08. The minimum atomic E-state index is 0.128. The molecule has 1 fully saturated rings. The van der Waals surface area contributed by atoms with Crippen molar-refractivity contribution in [2.24, 2.45) is 0 Å². The van der Waals surface area contributed by atoms with Gasteiger partial charge in [0.1, 0.15) is 5.75 Å². The van der Waals surface area contributed by atoms with E-state index in [0.717, 1.165) is 37.1 Å². The maximum atomic E-state index is 10.9. The van der Waals surface area contributed by atoms with Crippen LogP contribution in [0.5, 0.6) is 5.75 Å². The fraction of sp³-hybridized carbons (Fsp3) is 0.400. The molecule has 1 aliphatic rings. The van der Waals surface area contributed by atoms with Crippen LogP contribution < -0.4 is 4.74 Å². The SMILES string of the molecule is COc1ccc(-c2nnc([C@@H]3CCCN(C=O)C3)o2)cc1. The smallest absolute Gasteiger partial charge is 0.247 e. The molecule has 0 radical (unpaired) electrons. The molecule has 6 heteroatoms. The normalized spacial score (nSPS) is 18.5. The fourth-order valence-corrected chi connectivity index (χ4v) is 2.55. The highest BCUT2D eigenvalue weighted by atomic mass is 16.5. The lowest BCUT2D eigenvalue weighted by atomic mass is 9.99. The van der Waals surface area contributed by atoms with Crippen molar-refractivity contribution >= 4 is 6.41 Å². The average Bonchev–Trinajstić information content (AvgIpc) is 3.05. The molecule has 1 atom stereocenters. The second-order valence-electron chi connectivity index (χ2n) is 5.11. The number of carbonyl (C=O) groups excluding carboxylic acids is 1. The first kappa shape index (κ1) is 13.6. The molecular weight excluding hydrogens is 270 g/mol. The van der Waals surface area contributed by atoms with Gasteiger partial charge in [-0.3, -0.25) is 4.79 Å². The molecule has 1 saturated heterocycles. The van der Waals surface area contributed by atoms with Crippen LogP contribution in [0.3, 0.4) is 0 Å². The molecule has 0 N–H and O–H groups in total. The number of hydrogen-bond donors (Lipinski definition) is 0. The van der Waals surface area contributed by atoms with E-state index in [9.17, 15) is 4.79 Å². The first-order chi connectivity index (χ1) is 10.3. The number of ether oxygens (including phenoxy) is 1. The van der Waals surface area contributed by atoms with Crippen LogP contribution in [-0.2, 0) is 4.79 Å². The van der Waals surface area contributed by atoms with Crippen molar-refractivity contribution in [2.75, 3.05) is 20.2 Å². The van der Waals surface area contributed by atoms with E-state index < -0.39 is 0 Å². The first-order valence-corrected chi connectivity index (χ1v) is 6.97. The Bertz CT molecular complexity index is 609. The van der Waals surface area contributed by atoms with Crippen LogP contribution in [0.25, 0.3) is 11.5 Å². The number of amides is 1. The monoisotopic (exact) mass is 287 g/mol. The summed E-state index contributed by atoms with van der Waals surface area (Å²) in [4.78, 5) is 12.6. The lowest BCUT2D eigenvalue weighted by Gasteiger charge is -2.27. The van der Waals surface area contributed by atoms with Gasteiger partial charge in [0, 0.05) is 18.7 Å².